The molecule has 0 amide bonds. The maximum Gasteiger partial charge on any atom is 0.163 e. The van der Waals surface area contributed by atoms with Gasteiger partial charge in [-0.25, -0.2) is 8.78 Å². The lowest BCUT2D eigenvalue weighted by Crippen LogP contribution is -2.29. The fourth-order valence-electron chi connectivity index (χ4n) is 1.52. The number of benzene rings is 1. The fourth-order valence-corrected chi connectivity index (χ4v) is 1.52. The molecular weight excluding hydrogens is 222 g/mol. The summed E-state index contributed by atoms with van der Waals surface area (Å²) in [6.45, 7) is 3.37. The Morgan fingerprint density at radius 3 is 2.65 bits per heavy atom. The Bertz CT molecular complexity index is 353. The summed E-state index contributed by atoms with van der Waals surface area (Å²) in [6, 6.07) is 4.54. The van der Waals surface area contributed by atoms with E-state index >= 15 is 0 Å². The summed E-state index contributed by atoms with van der Waals surface area (Å²) >= 11 is 0. The van der Waals surface area contributed by atoms with E-state index in [1.165, 1.54) is 6.07 Å². The minimum Gasteiger partial charge on any atom is -0.310 e. The Balaban J connectivity index is 2.42. The van der Waals surface area contributed by atoms with E-state index in [4.69, 9.17) is 0 Å². The normalized spacial score (nSPS) is 13.1. The van der Waals surface area contributed by atoms with Crippen LogP contribution in [0.5, 0.6) is 0 Å². The molecule has 1 N–H and O–H groups in total. The van der Waals surface area contributed by atoms with E-state index in [0.717, 1.165) is 19.0 Å². The van der Waals surface area contributed by atoms with Gasteiger partial charge in [-0.3, -0.25) is 0 Å². The van der Waals surface area contributed by atoms with Gasteiger partial charge in [-0.1, -0.05) is 12.1 Å². The molecule has 0 aliphatic carbocycles. The summed E-state index contributed by atoms with van der Waals surface area (Å²) in [5.41, 5.74) is 0.377. The van der Waals surface area contributed by atoms with E-state index in [0.29, 0.717) is 12.1 Å². The zero-order valence-electron chi connectivity index (χ0n) is 10.6. The SMILES string of the molecule is CC(CCN(C)C)NCc1cccc(F)c1F. The van der Waals surface area contributed by atoms with Gasteiger partial charge in [0.15, 0.2) is 11.6 Å². The Morgan fingerprint density at radius 1 is 1.29 bits per heavy atom. The van der Waals surface area contributed by atoms with Gasteiger partial charge in [-0.15, -0.1) is 0 Å². The lowest BCUT2D eigenvalue weighted by Gasteiger charge is -2.17. The molecule has 4 heteroatoms. The van der Waals surface area contributed by atoms with Gasteiger partial charge in [-0.05, 0) is 40.1 Å². The van der Waals surface area contributed by atoms with E-state index in [1.54, 1.807) is 6.07 Å². The highest BCUT2D eigenvalue weighted by atomic mass is 19.2. The lowest BCUT2D eigenvalue weighted by molar-refractivity contribution is 0.364. The average Bonchev–Trinajstić information content (AvgIpc) is 2.28. The first-order valence-corrected chi connectivity index (χ1v) is 5.81. The molecule has 0 spiro atoms. The van der Waals surface area contributed by atoms with E-state index < -0.39 is 11.6 Å². The third-order valence-electron chi connectivity index (χ3n) is 2.68. The molecule has 0 bridgehead atoms. The van der Waals surface area contributed by atoms with Crippen LogP contribution in [0, 0.1) is 11.6 Å². The Hall–Kier alpha value is -1.00. The van der Waals surface area contributed by atoms with Gasteiger partial charge in [0, 0.05) is 18.2 Å². The van der Waals surface area contributed by atoms with Crippen molar-refractivity contribution in [1.82, 2.24) is 10.2 Å². The van der Waals surface area contributed by atoms with Crippen molar-refractivity contribution in [2.45, 2.75) is 25.9 Å². The zero-order chi connectivity index (χ0) is 12.8. The van der Waals surface area contributed by atoms with Gasteiger partial charge in [0.2, 0.25) is 0 Å². The first-order valence-electron chi connectivity index (χ1n) is 5.81. The number of nitrogens with zero attached hydrogens (tertiary/aromatic N) is 1. The number of rotatable bonds is 6. The number of hydrogen-bond acceptors (Lipinski definition) is 2. The molecule has 1 unspecified atom stereocenters. The number of nitrogens with one attached hydrogen (secondary N) is 1. The Morgan fingerprint density at radius 2 is 2.00 bits per heavy atom. The van der Waals surface area contributed by atoms with Crippen molar-refractivity contribution in [3.63, 3.8) is 0 Å². The average molecular weight is 242 g/mol. The fraction of sp³-hybridized carbons (Fsp3) is 0.538. The number of hydrogen-bond donors (Lipinski definition) is 1. The summed E-state index contributed by atoms with van der Waals surface area (Å²) in [5, 5.41) is 3.19. The lowest BCUT2D eigenvalue weighted by atomic mass is 10.1. The summed E-state index contributed by atoms with van der Waals surface area (Å²) in [4.78, 5) is 2.10. The second kappa shape index (κ2) is 6.67. The molecule has 0 aromatic heterocycles. The highest BCUT2D eigenvalue weighted by Crippen LogP contribution is 2.11. The van der Waals surface area contributed by atoms with Crippen molar-refractivity contribution in [3.8, 4) is 0 Å². The largest absolute Gasteiger partial charge is 0.310 e. The van der Waals surface area contributed by atoms with Crippen LogP contribution in [0.25, 0.3) is 0 Å². The topological polar surface area (TPSA) is 15.3 Å². The predicted octanol–water partition coefficient (Wildman–Crippen LogP) is 2.39. The summed E-state index contributed by atoms with van der Waals surface area (Å²) in [6.07, 6.45) is 0.976. The second-order valence-corrected chi connectivity index (χ2v) is 4.59. The van der Waals surface area contributed by atoms with Gasteiger partial charge >= 0.3 is 0 Å². The van der Waals surface area contributed by atoms with Crippen molar-refractivity contribution >= 4 is 0 Å². The standard InChI is InChI=1S/C13H20F2N2/c1-10(7-8-17(2)3)16-9-11-5-4-6-12(14)13(11)15/h4-6,10,16H,7-9H2,1-3H3. The second-order valence-electron chi connectivity index (χ2n) is 4.59. The highest BCUT2D eigenvalue weighted by Gasteiger charge is 2.08. The molecule has 0 fully saturated rings. The summed E-state index contributed by atoms with van der Waals surface area (Å²) in [7, 11) is 4.03. The van der Waals surface area contributed by atoms with E-state index in [2.05, 4.69) is 10.2 Å². The van der Waals surface area contributed by atoms with Crippen molar-refractivity contribution in [3.05, 3.63) is 35.4 Å². The zero-order valence-corrected chi connectivity index (χ0v) is 10.6. The molecule has 1 aromatic carbocycles. The molecule has 0 aliphatic heterocycles. The molecule has 1 rings (SSSR count). The first-order chi connectivity index (χ1) is 8.00. The first kappa shape index (κ1) is 14.1. The van der Waals surface area contributed by atoms with E-state index in [-0.39, 0.29) is 6.04 Å². The predicted molar refractivity (Wildman–Crippen MR) is 65.8 cm³/mol. The highest BCUT2D eigenvalue weighted by molar-refractivity contribution is 5.18. The van der Waals surface area contributed by atoms with Crippen LogP contribution in [0.3, 0.4) is 0 Å². The van der Waals surface area contributed by atoms with E-state index in [1.807, 2.05) is 21.0 Å². The van der Waals surface area contributed by atoms with Gasteiger partial charge in [0.05, 0.1) is 0 Å². The third kappa shape index (κ3) is 4.79. The van der Waals surface area contributed by atoms with Crippen molar-refractivity contribution in [1.29, 1.82) is 0 Å². The van der Waals surface area contributed by atoms with Gasteiger partial charge in [-0.2, -0.15) is 0 Å². The van der Waals surface area contributed by atoms with Crippen LogP contribution in [0.15, 0.2) is 18.2 Å². The number of halogens is 2. The maximum atomic E-state index is 13.3. The quantitative estimate of drug-likeness (QED) is 0.824. The monoisotopic (exact) mass is 242 g/mol. The molecule has 0 heterocycles. The minimum absolute atomic E-state index is 0.278. The molecule has 2 nitrogen and oxygen atoms in total. The Kier molecular flexibility index (Phi) is 5.51. The third-order valence-corrected chi connectivity index (χ3v) is 2.68. The van der Waals surface area contributed by atoms with Gasteiger partial charge < -0.3 is 10.2 Å². The minimum atomic E-state index is -0.787. The Labute approximate surface area is 102 Å². The molecule has 17 heavy (non-hydrogen) atoms. The van der Waals surface area contributed by atoms with Crippen LogP contribution in [0.4, 0.5) is 8.78 Å². The van der Waals surface area contributed by atoms with Crippen molar-refractivity contribution in [2.75, 3.05) is 20.6 Å². The van der Waals surface area contributed by atoms with Crippen LogP contribution >= 0.6 is 0 Å². The summed E-state index contributed by atoms with van der Waals surface area (Å²) in [5.74, 6) is -1.54. The molecule has 0 saturated carbocycles. The van der Waals surface area contributed by atoms with Crippen molar-refractivity contribution in [2.24, 2.45) is 0 Å². The van der Waals surface area contributed by atoms with Crippen LogP contribution in [0.2, 0.25) is 0 Å². The van der Waals surface area contributed by atoms with Crippen molar-refractivity contribution < 1.29 is 8.78 Å². The molecule has 0 radical (unpaired) electrons. The van der Waals surface area contributed by atoms with Crippen LogP contribution in [0.1, 0.15) is 18.9 Å². The van der Waals surface area contributed by atoms with Crippen LogP contribution < -0.4 is 5.32 Å². The molecule has 1 atom stereocenters. The summed E-state index contributed by atoms with van der Waals surface area (Å²) < 4.78 is 26.3. The molecule has 0 saturated heterocycles. The van der Waals surface area contributed by atoms with Crippen LogP contribution in [-0.2, 0) is 6.54 Å². The van der Waals surface area contributed by atoms with E-state index in [9.17, 15) is 8.78 Å². The van der Waals surface area contributed by atoms with Crippen LogP contribution in [-0.4, -0.2) is 31.6 Å². The molecule has 1 aromatic rings. The smallest absolute Gasteiger partial charge is 0.163 e. The van der Waals surface area contributed by atoms with Gasteiger partial charge in [0.1, 0.15) is 0 Å². The van der Waals surface area contributed by atoms with Gasteiger partial charge in [0.25, 0.3) is 0 Å². The molecule has 96 valence electrons. The maximum absolute atomic E-state index is 13.3. The molecular formula is C13H20F2N2. The molecule has 0 aliphatic rings.